The third-order valence-electron chi connectivity index (χ3n) is 4.75. The van der Waals surface area contributed by atoms with E-state index in [1.54, 1.807) is 13.2 Å². The number of nitrogens with one attached hydrogen (secondary N) is 1. The Bertz CT molecular complexity index is 805. The second-order valence-corrected chi connectivity index (χ2v) is 7.71. The first-order valence-electron chi connectivity index (χ1n) is 9.96. The van der Waals surface area contributed by atoms with E-state index >= 15 is 0 Å². The smallest absolute Gasteiger partial charge is 0.286 e. The lowest BCUT2D eigenvalue weighted by Gasteiger charge is -2.34. The van der Waals surface area contributed by atoms with Gasteiger partial charge in [-0.2, -0.15) is 0 Å². The fraction of sp³-hybridized carbons (Fsp3) is 0.550. The SMILES string of the molecule is CCNC(=O)c1ccc(CSc2nc(COC)cc(N3CCN(CC)CC3)n2)o1. The van der Waals surface area contributed by atoms with E-state index in [9.17, 15) is 4.79 Å². The predicted octanol–water partition coefficient (Wildman–Crippen LogP) is 2.40. The van der Waals surface area contributed by atoms with Gasteiger partial charge in [0.15, 0.2) is 10.9 Å². The maximum atomic E-state index is 11.9. The zero-order chi connectivity index (χ0) is 20.6. The Morgan fingerprint density at radius 3 is 2.72 bits per heavy atom. The number of likely N-dealkylation sites (N-methyl/N-ethyl adjacent to an activating group) is 1. The summed E-state index contributed by atoms with van der Waals surface area (Å²) in [6.07, 6.45) is 0. The molecule has 3 rings (SSSR count). The minimum absolute atomic E-state index is 0.199. The number of anilines is 1. The molecule has 1 N–H and O–H groups in total. The van der Waals surface area contributed by atoms with Gasteiger partial charge in [0.05, 0.1) is 18.1 Å². The molecule has 0 aromatic carbocycles. The molecule has 29 heavy (non-hydrogen) atoms. The molecule has 0 saturated carbocycles. The number of piperazine rings is 1. The van der Waals surface area contributed by atoms with Gasteiger partial charge in [-0.25, -0.2) is 9.97 Å². The molecule has 2 aromatic heterocycles. The summed E-state index contributed by atoms with van der Waals surface area (Å²) >= 11 is 1.49. The molecule has 1 aliphatic rings. The number of carbonyl (C=O) groups is 1. The lowest BCUT2D eigenvalue weighted by molar-refractivity contribution is 0.0927. The molecular formula is C20H29N5O3S. The van der Waals surface area contributed by atoms with E-state index in [-0.39, 0.29) is 5.91 Å². The Kier molecular flexibility index (Phi) is 7.91. The van der Waals surface area contributed by atoms with Gasteiger partial charge >= 0.3 is 0 Å². The monoisotopic (exact) mass is 419 g/mol. The van der Waals surface area contributed by atoms with Crippen LogP contribution in [-0.4, -0.2) is 67.2 Å². The van der Waals surface area contributed by atoms with Crippen molar-refractivity contribution in [3.8, 4) is 0 Å². The van der Waals surface area contributed by atoms with Crippen LogP contribution in [0.25, 0.3) is 0 Å². The van der Waals surface area contributed by atoms with Crippen LogP contribution in [0.4, 0.5) is 5.82 Å². The average Bonchev–Trinajstić information content (AvgIpc) is 3.22. The summed E-state index contributed by atoms with van der Waals surface area (Å²) in [6.45, 7) is 10.1. The molecule has 1 fully saturated rings. The summed E-state index contributed by atoms with van der Waals surface area (Å²) in [6, 6.07) is 5.53. The molecule has 1 saturated heterocycles. The van der Waals surface area contributed by atoms with Crippen molar-refractivity contribution < 1.29 is 13.9 Å². The van der Waals surface area contributed by atoms with E-state index in [1.807, 2.05) is 19.1 Å². The normalized spacial score (nSPS) is 14.9. The highest BCUT2D eigenvalue weighted by Gasteiger charge is 2.19. The van der Waals surface area contributed by atoms with Crippen molar-refractivity contribution in [3.63, 3.8) is 0 Å². The highest BCUT2D eigenvalue weighted by Crippen LogP contribution is 2.25. The second-order valence-electron chi connectivity index (χ2n) is 6.77. The van der Waals surface area contributed by atoms with Crippen molar-refractivity contribution in [1.29, 1.82) is 0 Å². The van der Waals surface area contributed by atoms with Crippen molar-refractivity contribution in [3.05, 3.63) is 35.4 Å². The maximum absolute atomic E-state index is 11.9. The lowest BCUT2D eigenvalue weighted by Crippen LogP contribution is -2.46. The Morgan fingerprint density at radius 2 is 2.03 bits per heavy atom. The number of aromatic nitrogens is 2. The van der Waals surface area contributed by atoms with Crippen molar-refractivity contribution in [2.45, 2.75) is 31.4 Å². The largest absolute Gasteiger partial charge is 0.455 e. The molecular weight excluding hydrogens is 390 g/mol. The number of methoxy groups -OCH3 is 1. The van der Waals surface area contributed by atoms with Crippen molar-refractivity contribution >= 4 is 23.5 Å². The lowest BCUT2D eigenvalue weighted by atomic mass is 10.3. The average molecular weight is 420 g/mol. The van der Waals surface area contributed by atoms with E-state index in [0.29, 0.717) is 29.8 Å². The summed E-state index contributed by atoms with van der Waals surface area (Å²) in [5.74, 6) is 2.34. The maximum Gasteiger partial charge on any atom is 0.286 e. The molecule has 0 unspecified atom stereocenters. The van der Waals surface area contributed by atoms with Crippen LogP contribution in [-0.2, 0) is 17.1 Å². The van der Waals surface area contributed by atoms with E-state index in [0.717, 1.165) is 50.0 Å². The van der Waals surface area contributed by atoms with Gasteiger partial charge in [0.1, 0.15) is 11.6 Å². The number of hydrogen-bond acceptors (Lipinski definition) is 8. The molecule has 8 nitrogen and oxygen atoms in total. The van der Waals surface area contributed by atoms with E-state index in [4.69, 9.17) is 14.1 Å². The van der Waals surface area contributed by atoms with E-state index < -0.39 is 0 Å². The first kappa shape index (κ1) is 21.6. The number of hydrogen-bond donors (Lipinski definition) is 1. The molecule has 0 spiro atoms. The fourth-order valence-corrected chi connectivity index (χ4v) is 3.93. The van der Waals surface area contributed by atoms with Gasteiger partial charge in [0.25, 0.3) is 5.91 Å². The molecule has 0 bridgehead atoms. The van der Waals surface area contributed by atoms with Crippen LogP contribution in [0, 0.1) is 0 Å². The molecule has 0 atom stereocenters. The van der Waals surface area contributed by atoms with Gasteiger partial charge < -0.3 is 24.3 Å². The van der Waals surface area contributed by atoms with Crippen LogP contribution in [0.3, 0.4) is 0 Å². The van der Waals surface area contributed by atoms with Crippen molar-refractivity contribution in [2.24, 2.45) is 0 Å². The topological polar surface area (TPSA) is 83.7 Å². The van der Waals surface area contributed by atoms with Crippen molar-refractivity contribution in [1.82, 2.24) is 20.2 Å². The fourth-order valence-electron chi connectivity index (χ4n) is 3.16. The Hall–Kier alpha value is -2.10. The van der Waals surface area contributed by atoms with Crippen LogP contribution in [0.5, 0.6) is 0 Å². The number of nitrogens with zero attached hydrogens (tertiary/aromatic N) is 4. The van der Waals surface area contributed by atoms with Gasteiger partial charge in [-0.3, -0.25) is 4.79 Å². The number of furan rings is 1. The molecule has 1 aliphatic heterocycles. The summed E-state index contributed by atoms with van der Waals surface area (Å²) < 4.78 is 10.9. The standard InChI is InChI=1S/C20H29N5O3S/c1-4-21-19(26)17-7-6-16(28-17)14-29-20-22-15(13-27-3)12-18(23-20)25-10-8-24(5-2)9-11-25/h6-7,12H,4-5,8-11,13-14H2,1-3H3,(H,21,26). The molecule has 1 amide bonds. The third kappa shape index (κ3) is 5.94. The van der Waals surface area contributed by atoms with Crippen LogP contribution >= 0.6 is 11.8 Å². The minimum Gasteiger partial charge on any atom is -0.455 e. The van der Waals surface area contributed by atoms with Crippen LogP contribution in [0.15, 0.2) is 27.8 Å². The molecule has 158 valence electrons. The Balaban J connectivity index is 1.68. The number of thioether (sulfide) groups is 1. The highest BCUT2D eigenvalue weighted by atomic mass is 32.2. The van der Waals surface area contributed by atoms with Gasteiger partial charge in [-0.1, -0.05) is 18.7 Å². The second kappa shape index (κ2) is 10.6. The molecule has 0 radical (unpaired) electrons. The predicted molar refractivity (Wildman–Crippen MR) is 113 cm³/mol. The minimum atomic E-state index is -0.199. The van der Waals surface area contributed by atoms with Gasteiger partial charge in [-0.15, -0.1) is 0 Å². The Labute approximate surface area is 176 Å². The van der Waals surface area contributed by atoms with Crippen LogP contribution in [0.1, 0.15) is 35.9 Å². The van der Waals surface area contributed by atoms with Gasteiger partial charge in [-0.05, 0) is 25.6 Å². The Morgan fingerprint density at radius 1 is 1.24 bits per heavy atom. The number of ether oxygens (including phenoxy) is 1. The van der Waals surface area contributed by atoms with Crippen LogP contribution in [0.2, 0.25) is 0 Å². The number of carbonyl (C=O) groups excluding carboxylic acids is 1. The van der Waals surface area contributed by atoms with Crippen molar-refractivity contribution in [2.75, 3.05) is 51.3 Å². The third-order valence-corrected chi connectivity index (χ3v) is 5.62. The number of amides is 1. The molecule has 0 aliphatic carbocycles. The molecule has 9 heteroatoms. The summed E-state index contributed by atoms with van der Waals surface area (Å²) in [7, 11) is 1.67. The van der Waals surface area contributed by atoms with Gasteiger partial charge in [0, 0.05) is 45.9 Å². The molecule has 3 heterocycles. The molecule has 2 aromatic rings. The van der Waals surface area contributed by atoms with Gasteiger partial charge in [0.2, 0.25) is 0 Å². The van der Waals surface area contributed by atoms with Crippen LogP contribution < -0.4 is 10.2 Å². The number of rotatable bonds is 9. The first-order chi connectivity index (χ1) is 14.1. The zero-order valence-electron chi connectivity index (χ0n) is 17.3. The quantitative estimate of drug-likeness (QED) is 0.490. The highest BCUT2D eigenvalue weighted by molar-refractivity contribution is 7.98. The van der Waals surface area contributed by atoms with E-state index in [2.05, 4.69) is 27.0 Å². The van der Waals surface area contributed by atoms with E-state index in [1.165, 1.54) is 11.8 Å². The summed E-state index contributed by atoms with van der Waals surface area (Å²) in [5, 5.41) is 3.42. The summed E-state index contributed by atoms with van der Waals surface area (Å²) in [5.41, 5.74) is 0.861. The summed E-state index contributed by atoms with van der Waals surface area (Å²) in [4.78, 5) is 26.0. The first-order valence-corrected chi connectivity index (χ1v) is 10.9. The zero-order valence-corrected chi connectivity index (χ0v) is 18.1.